The fourth-order valence-corrected chi connectivity index (χ4v) is 4.46. The van der Waals surface area contributed by atoms with Gasteiger partial charge in [0.05, 0.1) is 12.6 Å². The van der Waals surface area contributed by atoms with Crippen molar-refractivity contribution in [2.24, 2.45) is 0 Å². The number of rotatable bonds is 5. The van der Waals surface area contributed by atoms with Crippen LogP contribution in [0.15, 0.2) is 54.7 Å². The lowest BCUT2D eigenvalue weighted by Crippen LogP contribution is -2.35. The summed E-state index contributed by atoms with van der Waals surface area (Å²) in [5.74, 6) is -0.496. The predicted molar refractivity (Wildman–Crippen MR) is 117 cm³/mol. The summed E-state index contributed by atoms with van der Waals surface area (Å²) in [6.45, 7) is 1.94. The fourth-order valence-electron chi connectivity index (χ4n) is 4.46. The maximum atomic E-state index is 13.6. The Balaban J connectivity index is 1.38. The van der Waals surface area contributed by atoms with Crippen molar-refractivity contribution >= 4 is 17.4 Å². The maximum Gasteiger partial charge on any atom is 0.251 e. The van der Waals surface area contributed by atoms with Gasteiger partial charge in [0.1, 0.15) is 17.5 Å². The molecular weight excluding hydrogens is 412 g/mol. The molecule has 5 nitrogen and oxygen atoms in total. The van der Waals surface area contributed by atoms with Gasteiger partial charge in [0.2, 0.25) is 0 Å². The molecule has 0 unspecified atom stereocenters. The van der Waals surface area contributed by atoms with Crippen LogP contribution in [0.25, 0.3) is 0 Å². The minimum atomic E-state index is -0.585. The van der Waals surface area contributed by atoms with E-state index in [0.29, 0.717) is 37.3 Å². The second-order valence-corrected chi connectivity index (χ2v) is 8.22. The minimum Gasteiger partial charge on any atom is -0.379 e. The quantitative estimate of drug-likeness (QED) is 0.654. The highest BCUT2D eigenvalue weighted by molar-refractivity contribution is 5.98. The number of amides is 1. The lowest BCUT2D eigenvalue weighted by Gasteiger charge is -2.20. The number of carbonyl (C=O) groups is 1. The molecule has 3 heterocycles. The highest BCUT2D eigenvalue weighted by Crippen LogP contribution is 2.36. The van der Waals surface area contributed by atoms with Crippen LogP contribution in [0.2, 0.25) is 0 Å². The first-order valence-electron chi connectivity index (χ1n) is 10.7. The molecule has 1 atom stereocenters. The van der Waals surface area contributed by atoms with Crippen LogP contribution in [0.5, 0.6) is 0 Å². The zero-order valence-corrected chi connectivity index (χ0v) is 17.5. The number of halogens is 2. The normalized spacial score (nSPS) is 17.4. The molecule has 0 saturated carbocycles. The number of aromatic nitrogens is 1. The number of pyridine rings is 1. The molecule has 1 saturated heterocycles. The van der Waals surface area contributed by atoms with E-state index in [1.807, 2.05) is 30.3 Å². The number of nitrogens with zero attached hydrogens (tertiary/aromatic N) is 2. The largest absolute Gasteiger partial charge is 0.379 e. The van der Waals surface area contributed by atoms with Gasteiger partial charge in [-0.25, -0.2) is 13.8 Å². The second-order valence-electron chi connectivity index (χ2n) is 8.22. The molecule has 0 spiro atoms. The Bertz CT molecular complexity index is 1140. The topological polar surface area (TPSA) is 54.5 Å². The van der Waals surface area contributed by atoms with Gasteiger partial charge in [-0.2, -0.15) is 0 Å². The Morgan fingerprint density at radius 1 is 1.12 bits per heavy atom. The van der Waals surface area contributed by atoms with Crippen LogP contribution in [0, 0.1) is 11.6 Å². The molecule has 1 N–H and O–H groups in total. The lowest BCUT2D eigenvalue weighted by molar-refractivity contribution is 0.0929. The number of benzene rings is 2. The SMILES string of the molecule is O=C(N[C@H]1CCOC1)c1cccc2c1CCN2c1cc(Cc2cc(F)cc(F)c2)ccn1. The van der Waals surface area contributed by atoms with Gasteiger partial charge in [-0.15, -0.1) is 0 Å². The van der Waals surface area contributed by atoms with Crippen LogP contribution in [-0.2, 0) is 17.6 Å². The molecule has 2 aliphatic heterocycles. The molecule has 0 bridgehead atoms. The first-order chi connectivity index (χ1) is 15.6. The molecule has 0 radical (unpaired) electrons. The van der Waals surface area contributed by atoms with Crippen LogP contribution in [0.4, 0.5) is 20.3 Å². The van der Waals surface area contributed by atoms with Gasteiger partial charge in [-0.1, -0.05) is 6.07 Å². The molecular formula is C25H23F2N3O2. The molecule has 3 aromatic rings. The van der Waals surface area contributed by atoms with Crippen molar-refractivity contribution in [2.45, 2.75) is 25.3 Å². The number of carbonyl (C=O) groups excluding carboxylic acids is 1. The van der Waals surface area contributed by atoms with E-state index >= 15 is 0 Å². The standard InChI is InChI=1S/C25H23F2N3O2/c26-18-11-17(12-19(27)14-18)10-16-4-7-28-24(13-16)30-8-5-21-22(2-1-3-23(21)30)25(31)29-20-6-9-32-15-20/h1-4,7,11-14,20H,5-6,8-10,15H2,(H,29,31)/t20-/m0/s1. The van der Waals surface area contributed by atoms with Gasteiger partial charge in [-0.05, 0) is 72.4 Å². The smallest absolute Gasteiger partial charge is 0.251 e. The summed E-state index contributed by atoms with van der Waals surface area (Å²) in [4.78, 5) is 19.5. The predicted octanol–water partition coefficient (Wildman–Crippen LogP) is 4.16. The summed E-state index contributed by atoms with van der Waals surface area (Å²) >= 11 is 0. The highest BCUT2D eigenvalue weighted by atomic mass is 19.1. The molecule has 5 rings (SSSR count). The van der Waals surface area contributed by atoms with Crippen molar-refractivity contribution in [3.63, 3.8) is 0 Å². The van der Waals surface area contributed by atoms with Crippen LogP contribution < -0.4 is 10.2 Å². The number of anilines is 2. The first kappa shape index (κ1) is 20.6. The zero-order chi connectivity index (χ0) is 22.1. The molecule has 7 heteroatoms. The van der Waals surface area contributed by atoms with Crippen LogP contribution >= 0.6 is 0 Å². The third kappa shape index (κ3) is 4.21. The Morgan fingerprint density at radius 2 is 1.97 bits per heavy atom. The molecule has 1 amide bonds. The number of hydrogen-bond donors (Lipinski definition) is 1. The minimum absolute atomic E-state index is 0.0573. The Kier molecular flexibility index (Phi) is 5.57. The van der Waals surface area contributed by atoms with E-state index in [9.17, 15) is 13.6 Å². The van der Waals surface area contributed by atoms with Gasteiger partial charge in [0.15, 0.2) is 0 Å². The first-order valence-corrected chi connectivity index (χ1v) is 10.7. The van der Waals surface area contributed by atoms with Gasteiger partial charge in [0, 0.05) is 36.7 Å². The number of nitrogens with one attached hydrogen (secondary N) is 1. The zero-order valence-electron chi connectivity index (χ0n) is 17.5. The van der Waals surface area contributed by atoms with Crippen molar-refractivity contribution in [3.05, 3.63) is 88.6 Å². The Hall–Kier alpha value is -3.32. The van der Waals surface area contributed by atoms with E-state index in [4.69, 9.17) is 4.74 Å². The van der Waals surface area contributed by atoms with E-state index in [1.54, 1.807) is 6.20 Å². The van der Waals surface area contributed by atoms with Crippen LogP contribution in [-0.4, -0.2) is 36.7 Å². The van der Waals surface area contributed by atoms with E-state index in [0.717, 1.165) is 41.5 Å². The van der Waals surface area contributed by atoms with E-state index in [2.05, 4.69) is 15.2 Å². The lowest BCUT2D eigenvalue weighted by atomic mass is 10.0. The van der Waals surface area contributed by atoms with Crippen molar-refractivity contribution in [1.82, 2.24) is 10.3 Å². The molecule has 1 fully saturated rings. The summed E-state index contributed by atoms with van der Waals surface area (Å²) in [6, 6.07) is 13.1. The van der Waals surface area contributed by atoms with Gasteiger partial charge in [-0.3, -0.25) is 4.79 Å². The van der Waals surface area contributed by atoms with Crippen molar-refractivity contribution in [3.8, 4) is 0 Å². The average Bonchev–Trinajstić information content (AvgIpc) is 3.42. The monoisotopic (exact) mass is 435 g/mol. The third-order valence-electron chi connectivity index (χ3n) is 5.95. The van der Waals surface area contributed by atoms with E-state index in [1.165, 1.54) is 12.1 Å². The van der Waals surface area contributed by atoms with Crippen molar-refractivity contribution in [2.75, 3.05) is 24.7 Å². The van der Waals surface area contributed by atoms with Gasteiger partial charge in [0.25, 0.3) is 5.91 Å². The molecule has 1 aromatic heterocycles. The van der Waals surface area contributed by atoms with E-state index in [-0.39, 0.29) is 11.9 Å². The maximum absolute atomic E-state index is 13.6. The average molecular weight is 435 g/mol. The molecule has 164 valence electrons. The molecule has 32 heavy (non-hydrogen) atoms. The summed E-state index contributed by atoms with van der Waals surface area (Å²) in [7, 11) is 0. The number of fused-ring (bicyclic) bond motifs is 1. The Labute approximate surface area is 185 Å². The summed E-state index contributed by atoms with van der Waals surface area (Å²) in [5, 5.41) is 3.07. The Morgan fingerprint density at radius 3 is 2.75 bits per heavy atom. The second kappa shape index (κ2) is 8.67. The molecule has 2 aliphatic rings. The fraction of sp³-hybridized carbons (Fsp3) is 0.280. The van der Waals surface area contributed by atoms with Crippen LogP contribution in [0.1, 0.15) is 33.5 Å². The summed E-state index contributed by atoms with van der Waals surface area (Å²) < 4.78 is 32.5. The van der Waals surface area contributed by atoms with Gasteiger partial charge < -0.3 is 15.0 Å². The van der Waals surface area contributed by atoms with Crippen molar-refractivity contribution in [1.29, 1.82) is 0 Å². The molecule has 2 aromatic carbocycles. The highest BCUT2D eigenvalue weighted by Gasteiger charge is 2.27. The number of ether oxygens (including phenoxy) is 1. The number of hydrogen-bond acceptors (Lipinski definition) is 4. The third-order valence-corrected chi connectivity index (χ3v) is 5.95. The van der Waals surface area contributed by atoms with Crippen molar-refractivity contribution < 1.29 is 18.3 Å². The van der Waals surface area contributed by atoms with E-state index < -0.39 is 11.6 Å². The van der Waals surface area contributed by atoms with Gasteiger partial charge >= 0.3 is 0 Å². The summed E-state index contributed by atoms with van der Waals surface area (Å²) in [6.07, 6.45) is 3.67. The molecule has 0 aliphatic carbocycles. The van der Waals surface area contributed by atoms with Crippen LogP contribution in [0.3, 0.4) is 0 Å². The summed E-state index contributed by atoms with van der Waals surface area (Å²) in [5.41, 5.74) is 4.12.